The molecule has 0 saturated heterocycles. The zero-order valence-electron chi connectivity index (χ0n) is 9.25. The lowest BCUT2D eigenvalue weighted by Gasteiger charge is -1.91. The van der Waals surface area contributed by atoms with Crippen LogP contribution in [0.1, 0.15) is 16.1 Å². The van der Waals surface area contributed by atoms with Gasteiger partial charge in [0.1, 0.15) is 9.88 Å². The second kappa shape index (κ2) is 4.11. The fourth-order valence-electron chi connectivity index (χ4n) is 1.58. The highest BCUT2D eigenvalue weighted by Crippen LogP contribution is 2.33. The molecule has 0 saturated carbocycles. The van der Waals surface area contributed by atoms with E-state index in [-0.39, 0.29) is 5.56 Å². The van der Waals surface area contributed by atoms with Gasteiger partial charge in [-0.25, -0.2) is 9.78 Å². The van der Waals surface area contributed by atoms with Gasteiger partial charge in [0.05, 0.1) is 21.5 Å². The van der Waals surface area contributed by atoms with Gasteiger partial charge >= 0.3 is 5.97 Å². The van der Waals surface area contributed by atoms with E-state index in [2.05, 4.69) is 14.6 Å². The molecule has 0 amide bonds. The summed E-state index contributed by atoms with van der Waals surface area (Å²) in [5, 5.41) is 13.7. The Hall–Kier alpha value is -1.86. The number of carboxylic acid groups (broad SMARTS) is 1. The van der Waals surface area contributed by atoms with Gasteiger partial charge in [-0.1, -0.05) is 4.49 Å². The summed E-state index contributed by atoms with van der Waals surface area (Å²) in [7, 11) is 0. The minimum Gasteiger partial charge on any atom is -0.478 e. The van der Waals surface area contributed by atoms with E-state index in [9.17, 15) is 4.79 Å². The number of hydrogen-bond acceptors (Lipinski definition) is 6. The molecule has 0 unspecified atom stereocenters. The third kappa shape index (κ3) is 1.77. The topological polar surface area (TPSA) is 76.0 Å². The second-order valence-corrected chi connectivity index (χ2v) is 5.48. The van der Waals surface area contributed by atoms with Crippen molar-refractivity contribution in [3.05, 3.63) is 29.5 Å². The Morgan fingerprint density at radius 1 is 1.39 bits per heavy atom. The summed E-state index contributed by atoms with van der Waals surface area (Å²) in [6, 6.07) is 4.93. The largest absolute Gasteiger partial charge is 0.478 e. The molecule has 90 valence electrons. The van der Waals surface area contributed by atoms with Gasteiger partial charge in [0.15, 0.2) is 0 Å². The Morgan fingerprint density at radius 3 is 2.89 bits per heavy atom. The van der Waals surface area contributed by atoms with Crippen LogP contribution in [0.25, 0.3) is 20.1 Å². The Kier molecular flexibility index (Phi) is 2.57. The number of thiazole rings is 1. The van der Waals surface area contributed by atoms with E-state index in [0.29, 0.717) is 0 Å². The van der Waals surface area contributed by atoms with E-state index in [4.69, 9.17) is 5.11 Å². The summed E-state index contributed by atoms with van der Waals surface area (Å²) < 4.78 is 4.74. The zero-order valence-corrected chi connectivity index (χ0v) is 10.9. The average Bonchev–Trinajstić information content (AvgIpc) is 2.92. The highest BCUT2D eigenvalue weighted by Gasteiger charge is 2.13. The number of rotatable bonds is 2. The number of benzene rings is 1. The number of hydrogen-bond donors (Lipinski definition) is 1. The first-order valence-corrected chi connectivity index (χ1v) is 6.67. The minimum atomic E-state index is -0.928. The van der Waals surface area contributed by atoms with Gasteiger partial charge in [-0.05, 0) is 36.7 Å². The number of nitrogens with zero attached hydrogens (tertiary/aromatic N) is 3. The SMILES string of the molecule is Cc1nnsc1-c1nc2ccc(C(=O)O)cc2s1. The molecule has 0 aliphatic heterocycles. The van der Waals surface area contributed by atoms with Crippen LogP contribution < -0.4 is 0 Å². The lowest BCUT2D eigenvalue weighted by Crippen LogP contribution is -1.94. The Bertz CT molecular complexity index is 748. The molecule has 0 aliphatic rings. The first-order chi connectivity index (χ1) is 8.65. The molecule has 2 aromatic heterocycles. The highest BCUT2D eigenvalue weighted by molar-refractivity contribution is 7.24. The van der Waals surface area contributed by atoms with Crippen molar-refractivity contribution in [1.82, 2.24) is 14.6 Å². The van der Waals surface area contributed by atoms with Crippen LogP contribution in [-0.2, 0) is 0 Å². The first-order valence-electron chi connectivity index (χ1n) is 5.08. The molecule has 1 aromatic carbocycles. The summed E-state index contributed by atoms with van der Waals surface area (Å²) in [5.74, 6) is -0.928. The molecule has 0 spiro atoms. The quantitative estimate of drug-likeness (QED) is 0.779. The molecule has 0 bridgehead atoms. The van der Waals surface area contributed by atoms with Crippen molar-refractivity contribution < 1.29 is 9.90 Å². The van der Waals surface area contributed by atoms with E-state index < -0.39 is 5.97 Å². The maximum Gasteiger partial charge on any atom is 0.335 e. The predicted molar refractivity (Wildman–Crippen MR) is 70.2 cm³/mol. The van der Waals surface area contributed by atoms with Crippen molar-refractivity contribution >= 4 is 39.1 Å². The second-order valence-electron chi connectivity index (χ2n) is 3.69. The zero-order chi connectivity index (χ0) is 12.7. The molecule has 3 rings (SSSR count). The van der Waals surface area contributed by atoms with Crippen LogP contribution in [0.15, 0.2) is 18.2 Å². The Balaban J connectivity index is 2.17. The van der Waals surface area contributed by atoms with Crippen LogP contribution in [0.4, 0.5) is 0 Å². The molecule has 7 heteroatoms. The Labute approximate surface area is 110 Å². The summed E-state index contributed by atoms with van der Waals surface area (Å²) >= 11 is 2.76. The van der Waals surface area contributed by atoms with E-state index in [1.54, 1.807) is 18.2 Å². The smallest absolute Gasteiger partial charge is 0.335 e. The van der Waals surface area contributed by atoms with Crippen molar-refractivity contribution in [1.29, 1.82) is 0 Å². The van der Waals surface area contributed by atoms with Crippen molar-refractivity contribution in [2.45, 2.75) is 6.92 Å². The molecular weight excluding hydrogens is 270 g/mol. The van der Waals surface area contributed by atoms with Crippen LogP contribution in [0.2, 0.25) is 0 Å². The van der Waals surface area contributed by atoms with Gasteiger partial charge in [-0.3, -0.25) is 0 Å². The molecular formula is C11H7N3O2S2. The van der Waals surface area contributed by atoms with E-state index in [0.717, 1.165) is 25.8 Å². The number of fused-ring (bicyclic) bond motifs is 1. The third-order valence-electron chi connectivity index (χ3n) is 2.48. The van der Waals surface area contributed by atoms with Crippen molar-refractivity contribution in [3.63, 3.8) is 0 Å². The number of carboxylic acids is 1. The molecule has 5 nitrogen and oxygen atoms in total. The molecule has 3 aromatic rings. The maximum atomic E-state index is 10.9. The van der Waals surface area contributed by atoms with Gasteiger partial charge in [-0.2, -0.15) is 0 Å². The average molecular weight is 277 g/mol. The number of aryl methyl sites for hydroxylation is 1. The summed E-state index contributed by atoms with van der Waals surface area (Å²) in [4.78, 5) is 16.3. The third-order valence-corrected chi connectivity index (χ3v) is 4.48. The maximum absolute atomic E-state index is 10.9. The molecule has 1 N–H and O–H groups in total. The molecule has 0 radical (unpaired) electrons. The van der Waals surface area contributed by atoms with Crippen molar-refractivity contribution in [3.8, 4) is 9.88 Å². The standard InChI is InChI=1S/C11H7N3O2S2/c1-5-9(18-14-13-5)10-12-7-3-2-6(11(15)16)4-8(7)17-10/h2-4H,1H3,(H,15,16). The molecule has 2 heterocycles. The lowest BCUT2D eigenvalue weighted by molar-refractivity contribution is 0.0697. The van der Waals surface area contributed by atoms with Gasteiger partial charge < -0.3 is 5.11 Å². The normalized spacial score (nSPS) is 10.9. The van der Waals surface area contributed by atoms with E-state index in [1.807, 2.05) is 6.92 Å². The van der Waals surface area contributed by atoms with Crippen LogP contribution in [0.3, 0.4) is 0 Å². The molecule has 0 fully saturated rings. The van der Waals surface area contributed by atoms with Crippen LogP contribution in [0.5, 0.6) is 0 Å². The predicted octanol–water partition coefficient (Wildman–Crippen LogP) is 2.82. The number of aromatic carboxylic acids is 1. The summed E-state index contributed by atoms with van der Waals surface area (Å²) in [5.41, 5.74) is 1.92. The highest BCUT2D eigenvalue weighted by atomic mass is 32.1. The Morgan fingerprint density at radius 2 is 2.22 bits per heavy atom. The fourth-order valence-corrected chi connectivity index (χ4v) is 3.36. The fraction of sp³-hybridized carbons (Fsp3) is 0.0909. The minimum absolute atomic E-state index is 0.275. The van der Waals surface area contributed by atoms with E-state index in [1.165, 1.54) is 22.9 Å². The molecule has 0 aliphatic carbocycles. The van der Waals surface area contributed by atoms with Crippen LogP contribution >= 0.6 is 22.9 Å². The molecule has 18 heavy (non-hydrogen) atoms. The van der Waals surface area contributed by atoms with Crippen LogP contribution in [0, 0.1) is 6.92 Å². The van der Waals surface area contributed by atoms with Gasteiger partial charge in [-0.15, -0.1) is 16.4 Å². The lowest BCUT2D eigenvalue weighted by atomic mass is 10.2. The van der Waals surface area contributed by atoms with Gasteiger partial charge in [0.25, 0.3) is 0 Å². The molecule has 0 atom stereocenters. The van der Waals surface area contributed by atoms with E-state index >= 15 is 0 Å². The van der Waals surface area contributed by atoms with Crippen molar-refractivity contribution in [2.75, 3.05) is 0 Å². The number of aromatic nitrogens is 3. The summed E-state index contributed by atoms with van der Waals surface area (Å²) in [6.07, 6.45) is 0. The van der Waals surface area contributed by atoms with Crippen molar-refractivity contribution in [2.24, 2.45) is 0 Å². The number of carbonyl (C=O) groups is 1. The monoisotopic (exact) mass is 277 g/mol. The summed E-state index contributed by atoms with van der Waals surface area (Å²) in [6.45, 7) is 1.88. The first kappa shape index (κ1) is 11.2. The van der Waals surface area contributed by atoms with Gasteiger partial charge in [0, 0.05) is 0 Å². The van der Waals surface area contributed by atoms with Gasteiger partial charge in [0.2, 0.25) is 0 Å². The van der Waals surface area contributed by atoms with Crippen LogP contribution in [-0.4, -0.2) is 25.6 Å².